The van der Waals surface area contributed by atoms with Crippen molar-refractivity contribution in [2.24, 2.45) is 5.92 Å². The fourth-order valence-corrected chi connectivity index (χ4v) is 2.04. The average Bonchev–Trinajstić information content (AvgIpc) is 2.38. The van der Waals surface area contributed by atoms with Crippen molar-refractivity contribution in [3.63, 3.8) is 0 Å². The van der Waals surface area contributed by atoms with Crippen molar-refractivity contribution in [3.05, 3.63) is 29.8 Å². The molecule has 1 heterocycles. The van der Waals surface area contributed by atoms with Crippen molar-refractivity contribution in [2.75, 3.05) is 25.1 Å². The molecule has 1 aromatic rings. The van der Waals surface area contributed by atoms with Gasteiger partial charge in [0.25, 0.3) is 0 Å². The van der Waals surface area contributed by atoms with Gasteiger partial charge in [0.15, 0.2) is 0 Å². The van der Waals surface area contributed by atoms with Gasteiger partial charge in [-0.1, -0.05) is 18.2 Å². The van der Waals surface area contributed by atoms with Crippen LogP contribution in [0.3, 0.4) is 0 Å². The Labute approximate surface area is 96.4 Å². The molecule has 1 aliphatic heterocycles. The van der Waals surface area contributed by atoms with Gasteiger partial charge in [0.2, 0.25) is 0 Å². The molecular weight excluding hydrogens is 202 g/mol. The number of para-hydroxylation sites is 1. The zero-order valence-electron chi connectivity index (χ0n) is 9.48. The molecule has 0 aromatic heterocycles. The zero-order chi connectivity index (χ0) is 11.2. The Balaban J connectivity index is 1.88. The molecule has 0 atom stereocenters. The lowest BCUT2D eigenvalue weighted by atomic mass is 10.00. The van der Waals surface area contributed by atoms with Crippen LogP contribution in [0.25, 0.3) is 0 Å². The quantitative estimate of drug-likeness (QED) is 0.817. The summed E-state index contributed by atoms with van der Waals surface area (Å²) < 4.78 is 5.33. The van der Waals surface area contributed by atoms with Gasteiger partial charge in [0.1, 0.15) is 0 Å². The lowest BCUT2D eigenvalue weighted by molar-refractivity contribution is 0.0699. The number of hydrogen-bond acceptors (Lipinski definition) is 3. The van der Waals surface area contributed by atoms with Crippen LogP contribution >= 0.6 is 0 Å². The Kier molecular flexibility index (Phi) is 4.19. The second-order valence-corrected chi connectivity index (χ2v) is 4.25. The van der Waals surface area contributed by atoms with Crippen LogP contribution in [0.4, 0.5) is 5.69 Å². The minimum atomic E-state index is 0.0942. The number of hydrogen-bond donors (Lipinski definition) is 2. The summed E-state index contributed by atoms with van der Waals surface area (Å²) in [5, 5.41) is 12.6. The van der Waals surface area contributed by atoms with Crippen LogP contribution in [0, 0.1) is 5.92 Å². The van der Waals surface area contributed by atoms with E-state index in [1.165, 1.54) is 0 Å². The summed E-state index contributed by atoms with van der Waals surface area (Å²) in [6.07, 6.45) is 2.27. The van der Waals surface area contributed by atoms with Gasteiger partial charge in [0.05, 0.1) is 6.61 Å². The molecule has 0 radical (unpaired) electrons. The third kappa shape index (κ3) is 2.97. The van der Waals surface area contributed by atoms with E-state index in [1.54, 1.807) is 0 Å². The smallest absolute Gasteiger partial charge is 0.0701 e. The molecule has 88 valence electrons. The Morgan fingerprint density at radius 2 is 2.00 bits per heavy atom. The number of rotatable bonds is 4. The minimum absolute atomic E-state index is 0.0942. The Morgan fingerprint density at radius 3 is 2.75 bits per heavy atom. The van der Waals surface area contributed by atoms with Crippen molar-refractivity contribution in [2.45, 2.75) is 19.4 Å². The number of anilines is 1. The van der Waals surface area contributed by atoms with E-state index >= 15 is 0 Å². The molecule has 0 bridgehead atoms. The predicted molar refractivity (Wildman–Crippen MR) is 64.4 cm³/mol. The van der Waals surface area contributed by atoms with E-state index in [2.05, 4.69) is 5.32 Å². The van der Waals surface area contributed by atoms with E-state index in [9.17, 15) is 5.11 Å². The maximum atomic E-state index is 9.20. The molecule has 2 N–H and O–H groups in total. The van der Waals surface area contributed by atoms with Crippen molar-refractivity contribution < 1.29 is 9.84 Å². The summed E-state index contributed by atoms with van der Waals surface area (Å²) in [7, 11) is 0. The molecule has 0 unspecified atom stereocenters. The molecule has 0 saturated carbocycles. The summed E-state index contributed by atoms with van der Waals surface area (Å²) >= 11 is 0. The van der Waals surface area contributed by atoms with Gasteiger partial charge in [-0.05, 0) is 24.8 Å². The van der Waals surface area contributed by atoms with Crippen LogP contribution in [0.2, 0.25) is 0 Å². The van der Waals surface area contributed by atoms with Crippen LogP contribution in [0.1, 0.15) is 18.4 Å². The predicted octanol–water partition coefficient (Wildman–Crippen LogP) is 2.02. The Hall–Kier alpha value is -1.06. The van der Waals surface area contributed by atoms with E-state index in [0.29, 0.717) is 5.92 Å². The first-order valence-corrected chi connectivity index (χ1v) is 5.90. The molecular formula is C13H19NO2. The molecule has 16 heavy (non-hydrogen) atoms. The van der Waals surface area contributed by atoms with Crippen LogP contribution in [0.15, 0.2) is 24.3 Å². The molecule has 1 aliphatic rings. The zero-order valence-corrected chi connectivity index (χ0v) is 9.48. The van der Waals surface area contributed by atoms with Crippen LogP contribution < -0.4 is 5.32 Å². The number of nitrogens with one attached hydrogen (secondary N) is 1. The van der Waals surface area contributed by atoms with Crippen LogP contribution in [0.5, 0.6) is 0 Å². The van der Waals surface area contributed by atoms with Crippen molar-refractivity contribution >= 4 is 5.69 Å². The van der Waals surface area contributed by atoms with Crippen molar-refractivity contribution in [1.82, 2.24) is 0 Å². The first-order chi connectivity index (χ1) is 7.90. The number of benzene rings is 1. The highest BCUT2D eigenvalue weighted by molar-refractivity contribution is 5.50. The summed E-state index contributed by atoms with van der Waals surface area (Å²) in [4.78, 5) is 0. The largest absolute Gasteiger partial charge is 0.392 e. The van der Waals surface area contributed by atoms with Gasteiger partial charge in [-0.25, -0.2) is 0 Å². The van der Waals surface area contributed by atoms with E-state index in [1.807, 2.05) is 24.3 Å². The molecule has 0 spiro atoms. The summed E-state index contributed by atoms with van der Waals surface area (Å²) in [5.74, 6) is 0.695. The van der Waals surface area contributed by atoms with Gasteiger partial charge in [0, 0.05) is 31.0 Å². The van der Waals surface area contributed by atoms with Crippen LogP contribution in [-0.2, 0) is 11.3 Å². The fourth-order valence-electron chi connectivity index (χ4n) is 2.04. The van der Waals surface area contributed by atoms with Crippen LogP contribution in [-0.4, -0.2) is 24.9 Å². The van der Waals surface area contributed by atoms with Crippen molar-refractivity contribution in [1.29, 1.82) is 0 Å². The lowest BCUT2D eigenvalue weighted by Crippen LogP contribution is -2.22. The van der Waals surface area contributed by atoms with E-state index in [-0.39, 0.29) is 6.61 Å². The molecule has 1 saturated heterocycles. The van der Waals surface area contributed by atoms with E-state index in [0.717, 1.165) is 43.9 Å². The first-order valence-electron chi connectivity index (χ1n) is 5.90. The van der Waals surface area contributed by atoms with E-state index in [4.69, 9.17) is 4.74 Å². The molecule has 1 fully saturated rings. The number of ether oxygens (including phenoxy) is 1. The molecule has 0 amide bonds. The third-order valence-corrected chi connectivity index (χ3v) is 3.11. The highest BCUT2D eigenvalue weighted by Gasteiger charge is 2.13. The topological polar surface area (TPSA) is 41.5 Å². The maximum absolute atomic E-state index is 9.20. The molecule has 3 heteroatoms. The normalized spacial score (nSPS) is 17.3. The molecule has 2 rings (SSSR count). The first kappa shape index (κ1) is 11.4. The minimum Gasteiger partial charge on any atom is -0.392 e. The Morgan fingerprint density at radius 1 is 1.25 bits per heavy atom. The summed E-state index contributed by atoms with van der Waals surface area (Å²) in [6, 6.07) is 7.91. The van der Waals surface area contributed by atoms with E-state index < -0.39 is 0 Å². The maximum Gasteiger partial charge on any atom is 0.0701 e. The highest BCUT2D eigenvalue weighted by atomic mass is 16.5. The summed E-state index contributed by atoms with van der Waals surface area (Å²) in [6.45, 7) is 2.83. The highest BCUT2D eigenvalue weighted by Crippen LogP contribution is 2.18. The number of aliphatic hydroxyl groups excluding tert-OH is 1. The second kappa shape index (κ2) is 5.87. The van der Waals surface area contributed by atoms with Gasteiger partial charge < -0.3 is 15.2 Å². The van der Waals surface area contributed by atoms with Gasteiger partial charge in [-0.2, -0.15) is 0 Å². The van der Waals surface area contributed by atoms with Gasteiger partial charge in [-0.15, -0.1) is 0 Å². The van der Waals surface area contributed by atoms with Crippen molar-refractivity contribution in [3.8, 4) is 0 Å². The Bertz CT molecular complexity index is 321. The number of aliphatic hydroxyl groups is 1. The molecule has 1 aromatic carbocycles. The summed E-state index contributed by atoms with van der Waals surface area (Å²) in [5.41, 5.74) is 2.02. The lowest BCUT2D eigenvalue weighted by Gasteiger charge is -2.23. The standard InChI is InChI=1S/C13H19NO2/c15-10-12-3-1-2-4-13(12)14-9-11-5-7-16-8-6-11/h1-4,11,14-15H,5-10H2. The fraction of sp³-hybridized carbons (Fsp3) is 0.538. The second-order valence-electron chi connectivity index (χ2n) is 4.25. The van der Waals surface area contributed by atoms with Gasteiger partial charge in [-0.3, -0.25) is 0 Å². The third-order valence-electron chi connectivity index (χ3n) is 3.11. The van der Waals surface area contributed by atoms with Gasteiger partial charge >= 0.3 is 0 Å². The molecule has 3 nitrogen and oxygen atoms in total. The SMILES string of the molecule is OCc1ccccc1NCC1CCOCC1. The molecule has 0 aliphatic carbocycles. The monoisotopic (exact) mass is 221 g/mol. The average molecular weight is 221 g/mol.